The van der Waals surface area contributed by atoms with Crippen molar-refractivity contribution in [1.29, 1.82) is 0 Å². The van der Waals surface area contributed by atoms with Crippen LogP contribution in [-0.4, -0.2) is 25.6 Å². The summed E-state index contributed by atoms with van der Waals surface area (Å²) in [6.07, 6.45) is 3.20. The van der Waals surface area contributed by atoms with Crippen LogP contribution in [0.2, 0.25) is 5.02 Å². The molecular formula is C22H20ClN3O4. The molecule has 3 amide bonds. The molecule has 154 valence electrons. The van der Waals surface area contributed by atoms with Crippen molar-refractivity contribution >= 4 is 40.6 Å². The van der Waals surface area contributed by atoms with Gasteiger partial charge in [0.2, 0.25) is 0 Å². The third-order valence-corrected chi connectivity index (χ3v) is 5.08. The van der Waals surface area contributed by atoms with E-state index in [1.165, 1.54) is 13.4 Å². The number of benzene rings is 2. The van der Waals surface area contributed by atoms with Crippen LogP contribution in [0.3, 0.4) is 0 Å². The minimum Gasteiger partial charge on any atom is -0.495 e. The van der Waals surface area contributed by atoms with E-state index >= 15 is 0 Å². The number of hydrogen-bond acceptors (Lipinski definition) is 4. The molecule has 30 heavy (non-hydrogen) atoms. The first-order chi connectivity index (χ1) is 14.5. The summed E-state index contributed by atoms with van der Waals surface area (Å²) in [6.45, 7) is 0.585. The molecule has 8 heteroatoms. The van der Waals surface area contributed by atoms with Crippen LogP contribution in [0, 0.1) is 0 Å². The maximum Gasteiger partial charge on any atom is 0.323 e. The number of halogens is 1. The van der Waals surface area contributed by atoms with Crippen molar-refractivity contribution in [3.63, 3.8) is 0 Å². The fourth-order valence-corrected chi connectivity index (χ4v) is 3.63. The van der Waals surface area contributed by atoms with Gasteiger partial charge in [-0.25, -0.2) is 4.79 Å². The Morgan fingerprint density at radius 3 is 2.77 bits per heavy atom. The van der Waals surface area contributed by atoms with Gasteiger partial charge in [-0.2, -0.15) is 0 Å². The molecule has 0 radical (unpaired) electrons. The summed E-state index contributed by atoms with van der Waals surface area (Å²) in [5, 5.41) is 6.01. The Morgan fingerprint density at radius 1 is 1.13 bits per heavy atom. The van der Waals surface area contributed by atoms with E-state index in [1.807, 2.05) is 12.1 Å². The minimum absolute atomic E-state index is 0.203. The third kappa shape index (κ3) is 4.11. The molecule has 0 saturated carbocycles. The number of nitrogens with one attached hydrogen (secondary N) is 2. The van der Waals surface area contributed by atoms with Gasteiger partial charge in [-0.3, -0.25) is 4.79 Å². The molecule has 0 fully saturated rings. The van der Waals surface area contributed by atoms with Gasteiger partial charge < -0.3 is 24.7 Å². The number of ether oxygens (including phenoxy) is 1. The number of hydrogen-bond donors (Lipinski definition) is 2. The summed E-state index contributed by atoms with van der Waals surface area (Å²) in [7, 11) is 1.51. The Morgan fingerprint density at radius 2 is 2.00 bits per heavy atom. The van der Waals surface area contributed by atoms with Crippen LogP contribution in [0.1, 0.15) is 22.5 Å². The second kappa shape index (κ2) is 8.51. The molecule has 0 unspecified atom stereocenters. The molecule has 2 heterocycles. The van der Waals surface area contributed by atoms with Crippen LogP contribution in [0.5, 0.6) is 5.75 Å². The largest absolute Gasteiger partial charge is 0.495 e. The topological polar surface area (TPSA) is 83.8 Å². The molecule has 2 aromatic carbocycles. The van der Waals surface area contributed by atoms with Crippen molar-refractivity contribution in [2.75, 3.05) is 29.2 Å². The van der Waals surface area contributed by atoms with Crippen LogP contribution >= 0.6 is 11.6 Å². The number of fused-ring (bicyclic) bond motifs is 1. The van der Waals surface area contributed by atoms with Gasteiger partial charge in [0.15, 0.2) is 5.76 Å². The van der Waals surface area contributed by atoms with Gasteiger partial charge >= 0.3 is 6.03 Å². The summed E-state index contributed by atoms with van der Waals surface area (Å²) in [6, 6.07) is 13.4. The van der Waals surface area contributed by atoms with Crippen molar-refractivity contribution in [3.8, 4) is 5.75 Å². The van der Waals surface area contributed by atoms with E-state index in [0.717, 1.165) is 24.1 Å². The van der Waals surface area contributed by atoms with E-state index in [4.69, 9.17) is 20.8 Å². The summed E-state index contributed by atoms with van der Waals surface area (Å²) in [5.41, 5.74) is 2.82. The first-order valence-electron chi connectivity index (χ1n) is 9.45. The highest BCUT2D eigenvalue weighted by Crippen LogP contribution is 2.32. The number of aryl methyl sites for hydroxylation is 1. The predicted octanol–water partition coefficient (Wildman–Crippen LogP) is 5.18. The second-order valence-corrected chi connectivity index (χ2v) is 7.24. The maximum atomic E-state index is 12.8. The highest BCUT2D eigenvalue weighted by molar-refractivity contribution is 6.31. The zero-order valence-electron chi connectivity index (χ0n) is 16.3. The SMILES string of the molecule is COc1ccc(Cl)cc1NC(=O)Nc1ccc2c(c1)N(C(=O)c1ccco1)CCC2. The smallest absolute Gasteiger partial charge is 0.323 e. The molecule has 1 aliphatic heterocycles. The lowest BCUT2D eigenvalue weighted by atomic mass is 10.0. The maximum absolute atomic E-state index is 12.8. The summed E-state index contributed by atoms with van der Waals surface area (Å²) in [4.78, 5) is 27.0. The van der Waals surface area contributed by atoms with Gasteiger partial charge in [0.05, 0.1) is 19.1 Å². The Hall–Kier alpha value is -3.45. The number of urea groups is 1. The normalized spacial score (nSPS) is 12.8. The molecule has 2 N–H and O–H groups in total. The number of nitrogens with zero attached hydrogens (tertiary/aromatic N) is 1. The van der Waals surface area contributed by atoms with Crippen molar-refractivity contribution in [2.24, 2.45) is 0 Å². The highest BCUT2D eigenvalue weighted by atomic mass is 35.5. The third-order valence-electron chi connectivity index (χ3n) is 4.85. The average Bonchev–Trinajstić information content (AvgIpc) is 3.28. The first kappa shape index (κ1) is 19.8. The summed E-state index contributed by atoms with van der Waals surface area (Å²) in [5.74, 6) is 0.577. The summed E-state index contributed by atoms with van der Waals surface area (Å²) < 4.78 is 10.5. The molecule has 0 bridgehead atoms. The van der Waals surface area contributed by atoms with Gasteiger partial charge in [-0.15, -0.1) is 0 Å². The summed E-state index contributed by atoms with van der Waals surface area (Å²) >= 11 is 6.01. The first-order valence-corrected chi connectivity index (χ1v) is 9.83. The molecule has 0 atom stereocenters. The van der Waals surface area contributed by atoms with Gasteiger partial charge in [0.25, 0.3) is 5.91 Å². The van der Waals surface area contributed by atoms with Crippen molar-refractivity contribution in [3.05, 3.63) is 71.1 Å². The van der Waals surface area contributed by atoms with Crippen LogP contribution in [0.25, 0.3) is 0 Å². The zero-order chi connectivity index (χ0) is 21.1. The number of rotatable bonds is 4. The van der Waals surface area contributed by atoms with Gasteiger partial charge in [0, 0.05) is 22.9 Å². The van der Waals surface area contributed by atoms with Crippen LogP contribution < -0.4 is 20.3 Å². The van der Waals surface area contributed by atoms with Gasteiger partial charge in [-0.1, -0.05) is 17.7 Å². The van der Waals surface area contributed by atoms with Crippen molar-refractivity contribution in [1.82, 2.24) is 0 Å². The van der Waals surface area contributed by atoms with E-state index in [9.17, 15) is 9.59 Å². The quantitative estimate of drug-likeness (QED) is 0.603. The molecule has 1 aliphatic rings. The van der Waals surface area contributed by atoms with Crippen LogP contribution in [-0.2, 0) is 6.42 Å². The molecule has 4 rings (SSSR count). The van der Waals surface area contributed by atoms with Crippen molar-refractivity contribution in [2.45, 2.75) is 12.8 Å². The standard InChI is InChI=1S/C22H20ClN3O4/c1-29-19-9-7-15(23)12-17(19)25-22(28)24-16-8-6-14-4-2-10-26(18(14)13-16)21(27)20-5-3-11-30-20/h3,5-9,11-13H,2,4,10H2,1H3,(H2,24,25,28). The van der Waals surface area contributed by atoms with Gasteiger partial charge in [-0.05, 0) is 60.9 Å². The van der Waals surface area contributed by atoms with Crippen molar-refractivity contribution < 1.29 is 18.7 Å². The number of carbonyl (C=O) groups excluding carboxylic acids is 2. The lowest BCUT2D eigenvalue weighted by Gasteiger charge is -2.29. The molecule has 0 aliphatic carbocycles. The van der Waals surface area contributed by atoms with E-state index in [-0.39, 0.29) is 11.7 Å². The van der Waals surface area contributed by atoms with E-state index in [2.05, 4.69) is 10.6 Å². The Bertz CT molecular complexity index is 1080. The van der Waals surface area contributed by atoms with E-state index < -0.39 is 6.03 Å². The number of carbonyl (C=O) groups is 2. The second-order valence-electron chi connectivity index (χ2n) is 6.80. The fraction of sp³-hybridized carbons (Fsp3) is 0.182. The molecular weight excluding hydrogens is 406 g/mol. The molecule has 0 saturated heterocycles. The number of amides is 3. The lowest BCUT2D eigenvalue weighted by molar-refractivity contribution is 0.0958. The lowest BCUT2D eigenvalue weighted by Crippen LogP contribution is -2.35. The Kier molecular flexibility index (Phi) is 5.63. The number of anilines is 3. The Labute approximate surface area is 178 Å². The molecule has 7 nitrogen and oxygen atoms in total. The zero-order valence-corrected chi connectivity index (χ0v) is 17.0. The van der Waals surface area contributed by atoms with Crippen LogP contribution in [0.4, 0.5) is 21.9 Å². The van der Waals surface area contributed by atoms with E-state index in [1.54, 1.807) is 41.3 Å². The minimum atomic E-state index is -0.449. The average molecular weight is 426 g/mol. The fourth-order valence-electron chi connectivity index (χ4n) is 3.46. The molecule has 0 spiro atoms. The molecule has 3 aromatic rings. The number of methoxy groups -OCH3 is 1. The van der Waals surface area contributed by atoms with Crippen LogP contribution in [0.15, 0.2) is 59.2 Å². The van der Waals surface area contributed by atoms with Gasteiger partial charge in [0.1, 0.15) is 5.75 Å². The Balaban J connectivity index is 1.54. The monoisotopic (exact) mass is 425 g/mol. The van der Waals surface area contributed by atoms with E-state index in [0.29, 0.717) is 28.7 Å². The molecule has 1 aromatic heterocycles. The number of furan rings is 1. The highest BCUT2D eigenvalue weighted by Gasteiger charge is 2.25. The predicted molar refractivity (Wildman–Crippen MR) is 116 cm³/mol.